The van der Waals surface area contributed by atoms with Gasteiger partial charge in [-0.1, -0.05) is 0 Å². The Hall–Kier alpha value is -1.58. The minimum Gasteiger partial charge on any atom is -0.341 e. The lowest BCUT2D eigenvalue weighted by Crippen LogP contribution is -2.35. The monoisotopic (exact) mass is 178 g/mol. The van der Waals surface area contributed by atoms with E-state index in [1.165, 1.54) is 6.07 Å². The number of pyridine rings is 1. The van der Waals surface area contributed by atoms with Crippen molar-refractivity contribution >= 4 is 5.91 Å². The third kappa shape index (κ3) is 1.24. The summed E-state index contributed by atoms with van der Waals surface area (Å²) in [6.07, 6.45) is 2.44. The van der Waals surface area contributed by atoms with Crippen LogP contribution in [0.25, 0.3) is 0 Å². The summed E-state index contributed by atoms with van der Waals surface area (Å²) >= 11 is 0. The average molecular weight is 178 g/mol. The first kappa shape index (κ1) is 8.04. The van der Waals surface area contributed by atoms with Crippen LogP contribution < -0.4 is 5.56 Å². The fraction of sp³-hybridized carbons (Fsp3) is 0.333. The van der Waals surface area contributed by atoms with Crippen LogP contribution in [-0.4, -0.2) is 29.4 Å². The van der Waals surface area contributed by atoms with Gasteiger partial charge in [-0.3, -0.25) is 9.59 Å². The van der Waals surface area contributed by atoms with Crippen molar-refractivity contribution in [3.63, 3.8) is 0 Å². The molecule has 1 aliphatic rings. The molecule has 0 radical (unpaired) electrons. The highest BCUT2D eigenvalue weighted by Crippen LogP contribution is 2.14. The summed E-state index contributed by atoms with van der Waals surface area (Å²) in [5.74, 6) is -0.0626. The maximum atomic E-state index is 11.5. The summed E-state index contributed by atoms with van der Waals surface area (Å²) in [6.45, 7) is 0.720. The Morgan fingerprint density at radius 1 is 1.46 bits per heavy atom. The molecule has 1 aromatic rings. The molecule has 0 bridgehead atoms. The molecule has 4 nitrogen and oxygen atoms in total. The van der Waals surface area contributed by atoms with Crippen molar-refractivity contribution in [1.29, 1.82) is 0 Å². The maximum Gasteiger partial charge on any atom is 0.254 e. The first-order valence-corrected chi connectivity index (χ1v) is 4.15. The van der Waals surface area contributed by atoms with Crippen LogP contribution in [0.15, 0.2) is 17.1 Å². The van der Waals surface area contributed by atoms with E-state index in [9.17, 15) is 9.59 Å². The van der Waals surface area contributed by atoms with E-state index in [0.717, 1.165) is 18.5 Å². The Bertz CT molecular complexity index is 408. The van der Waals surface area contributed by atoms with Crippen LogP contribution in [0, 0.1) is 0 Å². The molecule has 0 unspecified atom stereocenters. The molecule has 2 rings (SSSR count). The third-order valence-electron chi connectivity index (χ3n) is 2.30. The Morgan fingerprint density at radius 2 is 2.23 bits per heavy atom. The molecule has 1 aromatic heterocycles. The number of nitrogens with zero attached hydrogens (tertiary/aromatic N) is 1. The van der Waals surface area contributed by atoms with E-state index < -0.39 is 0 Å². The van der Waals surface area contributed by atoms with E-state index in [2.05, 4.69) is 4.98 Å². The van der Waals surface area contributed by atoms with Gasteiger partial charge < -0.3 is 9.88 Å². The molecule has 68 valence electrons. The first-order chi connectivity index (χ1) is 6.18. The maximum absolute atomic E-state index is 11.5. The number of carbonyl (C=O) groups excluding carboxylic acids is 1. The molecule has 0 aliphatic carbocycles. The first-order valence-electron chi connectivity index (χ1n) is 4.15. The third-order valence-corrected chi connectivity index (χ3v) is 2.30. The zero-order valence-electron chi connectivity index (χ0n) is 7.33. The second-order valence-corrected chi connectivity index (χ2v) is 3.21. The topological polar surface area (TPSA) is 53.2 Å². The van der Waals surface area contributed by atoms with Crippen LogP contribution in [-0.2, 0) is 6.42 Å². The van der Waals surface area contributed by atoms with Crippen LogP contribution in [0.2, 0.25) is 0 Å². The van der Waals surface area contributed by atoms with Crippen LogP contribution in [0.5, 0.6) is 0 Å². The van der Waals surface area contributed by atoms with Gasteiger partial charge in [0.2, 0.25) is 5.56 Å². The minimum atomic E-state index is -0.220. The average Bonchev–Trinajstić information content (AvgIpc) is 2.12. The zero-order chi connectivity index (χ0) is 9.42. The summed E-state index contributed by atoms with van der Waals surface area (Å²) in [7, 11) is 1.74. The van der Waals surface area contributed by atoms with Gasteiger partial charge in [0.15, 0.2) is 0 Å². The molecule has 0 spiro atoms. The zero-order valence-corrected chi connectivity index (χ0v) is 7.33. The van der Waals surface area contributed by atoms with E-state index >= 15 is 0 Å². The fourth-order valence-corrected chi connectivity index (χ4v) is 1.50. The van der Waals surface area contributed by atoms with Gasteiger partial charge in [0, 0.05) is 31.4 Å². The van der Waals surface area contributed by atoms with E-state index in [1.54, 1.807) is 18.1 Å². The fourth-order valence-electron chi connectivity index (χ4n) is 1.50. The molecule has 0 atom stereocenters. The highest BCUT2D eigenvalue weighted by atomic mass is 16.2. The number of nitrogens with one attached hydrogen (secondary N) is 1. The number of likely N-dealkylation sites (N-methyl/N-ethyl adjacent to an activating group) is 1. The Morgan fingerprint density at radius 3 is 3.00 bits per heavy atom. The van der Waals surface area contributed by atoms with Crippen molar-refractivity contribution < 1.29 is 4.79 Å². The van der Waals surface area contributed by atoms with Crippen molar-refractivity contribution in [3.8, 4) is 0 Å². The number of carbonyl (C=O) groups is 1. The lowest BCUT2D eigenvalue weighted by atomic mass is 10.0. The van der Waals surface area contributed by atoms with Crippen molar-refractivity contribution in [2.45, 2.75) is 6.42 Å². The summed E-state index contributed by atoms with van der Waals surface area (Å²) in [6, 6.07) is 1.37. The van der Waals surface area contributed by atoms with Gasteiger partial charge >= 0.3 is 0 Å². The number of H-pyrrole nitrogens is 1. The second-order valence-electron chi connectivity index (χ2n) is 3.21. The van der Waals surface area contributed by atoms with E-state index in [4.69, 9.17) is 0 Å². The van der Waals surface area contributed by atoms with Crippen molar-refractivity contribution in [3.05, 3.63) is 33.7 Å². The van der Waals surface area contributed by atoms with Gasteiger partial charge in [-0.15, -0.1) is 0 Å². The number of rotatable bonds is 0. The molecule has 4 heteroatoms. The van der Waals surface area contributed by atoms with Gasteiger partial charge in [0.25, 0.3) is 5.91 Å². The molecule has 2 heterocycles. The Balaban J connectivity index is 2.58. The molecule has 0 saturated heterocycles. The lowest BCUT2D eigenvalue weighted by Gasteiger charge is -2.23. The largest absolute Gasteiger partial charge is 0.341 e. The van der Waals surface area contributed by atoms with Gasteiger partial charge in [0.1, 0.15) is 0 Å². The predicted molar refractivity (Wildman–Crippen MR) is 47.7 cm³/mol. The van der Waals surface area contributed by atoms with Crippen LogP contribution in [0.4, 0.5) is 0 Å². The molecule has 0 saturated carbocycles. The van der Waals surface area contributed by atoms with Gasteiger partial charge in [-0.2, -0.15) is 0 Å². The molecule has 0 fully saturated rings. The normalized spacial score (nSPS) is 15.8. The number of amides is 1. The molecular weight excluding hydrogens is 168 g/mol. The summed E-state index contributed by atoms with van der Waals surface area (Å²) in [5.41, 5.74) is 1.25. The quantitative estimate of drug-likeness (QED) is 0.608. The SMILES string of the molecule is CN1CCc2c[nH]c(=O)cc2C1=O. The lowest BCUT2D eigenvalue weighted by molar-refractivity contribution is 0.0780. The standard InChI is InChI=1S/C9H10N2O2/c1-11-3-2-6-5-10-8(12)4-7(6)9(11)13/h4-5H,2-3H2,1H3,(H,10,12). The summed E-state index contributed by atoms with van der Waals surface area (Å²) < 4.78 is 0. The van der Waals surface area contributed by atoms with Crippen LogP contribution in [0.1, 0.15) is 15.9 Å². The smallest absolute Gasteiger partial charge is 0.254 e. The predicted octanol–water partition coefficient (Wildman–Crippen LogP) is 0.00300. The molecule has 0 aromatic carbocycles. The van der Waals surface area contributed by atoms with Gasteiger partial charge in [-0.05, 0) is 12.0 Å². The second kappa shape index (κ2) is 2.73. The number of aromatic nitrogens is 1. The minimum absolute atomic E-state index is 0.0626. The number of aromatic amines is 1. The number of fused-ring (bicyclic) bond motifs is 1. The van der Waals surface area contributed by atoms with Gasteiger partial charge in [-0.25, -0.2) is 0 Å². The van der Waals surface area contributed by atoms with Crippen molar-refractivity contribution in [2.75, 3.05) is 13.6 Å². The molecule has 13 heavy (non-hydrogen) atoms. The van der Waals surface area contributed by atoms with Gasteiger partial charge in [0.05, 0.1) is 0 Å². The summed E-state index contributed by atoms with van der Waals surface area (Å²) in [4.78, 5) is 26.7. The number of hydrogen-bond acceptors (Lipinski definition) is 2. The highest BCUT2D eigenvalue weighted by molar-refractivity contribution is 5.96. The highest BCUT2D eigenvalue weighted by Gasteiger charge is 2.21. The van der Waals surface area contributed by atoms with E-state index in [0.29, 0.717) is 5.56 Å². The molecule has 1 amide bonds. The Kier molecular flexibility index (Phi) is 1.69. The van der Waals surface area contributed by atoms with Crippen molar-refractivity contribution in [1.82, 2.24) is 9.88 Å². The summed E-state index contributed by atoms with van der Waals surface area (Å²) in [5, 5.41) is 0. The molecule has 1 N–H and O–H groups in total. The van der Waals surface area contributed by atoms with Crippen LogP contribution in [0.3, 0.4) is 0 Å². The van der Waals surface area contributed by atoms with E-state index in [-0.39, 0.29) is 11.5 Å². The molecular formula is C9H10N2O2. The number of hydrogen-bond donors (Lipinski definition) is 1. The van der Waals surface area contributed by atoms with E-state index in [1.807, 2.05) is 0 Å². The Labute approximate surface area is 75.2 Å². The van der Waals surface area contributed by atoms with Crippen LogP contribution >= 0.6 is 0 Å². The molecule has 1 aliphatic heterocycles. The van der Waals surface area contributed by atoms with Crippen molar-refractivity contribution in [2.24, 2.45) is 0 Å².